The number of aryl methyl sites for hydroxylation is 1. The number of sulfone groups is 1. The highest BCUT2D eigenvalue weighted by atomic mass is 32.2. The van der Waals surface area contributed by atoms with Crippen LogP contribution in [0.4, 0.5) is 0 Å². The minimum atomic E-state index is -3.47. The van der Waals surface area contributed by atoms with Crippen LogP contribution < -0.4 is 0 Å². The van der Waals surface area contributed by atoms with Crippen molar-refractivity contribution in [2.45, 2.75) is 11.3 Å². The average molecular weight is 278 g/mol. The maximum Gasteiger partial charge on any atom is 0.178 e. The molecule has 4 nitrogen and oxygen atoms in total. The van der Waals surface area contributed by atoms with Crippen LogP contribution in [0.2, 0.25) is 0 Å². The number of hydrogen-bond donors (Lipinski definition) is 2. The van der Waals surface area contributed by atoms with Gasteiger partial charge in [0.05, 0.1) is 10.6 Å². The van der Waals surface area contributed by atoms with Crippen molar-refractivity contribution in [3.05, 3.63) is 54.1 Å². The highest BCUT2D eigenvalue weighted by Crippen LogP contribution is 2.27. The molecular formula is C14H14O4S. The van der Waals surface area contributed by atoms with E-state index in [1.165, 1.54) is 12.1 Å². The molecule has 0 heterocycles. The Morgan fingerprint density at radius 3 is 2.21 bits per heavy atom. The first-order valence-corrected chi connectivity index (χ1v) is 7.43. The van der Waals surface area contributed by atoms with Gasteiger partial charge in [-0.1, -0.05) is 30.3 Å². The van der Waals surface area contributed by atoms with E-state index >= 15 is 0 Å². The maximum absolute atomic E-state index is 12.1. The van der Waals surface area contributed by atoms with Gasteiger partial charge in [0, 0.05) is 6.07 Å². The van der Waals surface area contributed by atoms with E-state index < -0.39 is 15.6 Å². The summed E-state index contributed by atoms with van der Waals surface area (Å²) in [4.78, 5) is 0.0127. The molecule has 0 radical (unpaired) electrons. The van der Waals surface area contributed by atoms with Crippen molar-refractivity contribution < 1.29 is 18.6 Å². The molecule has 0 aliphatic heterocycles. The normalized spacial score (nSPS) is 11.4. The summed E-state index contributed by atoms with van der Waals surface area (Å²) in [6, 6.07) is 12.8. The second kappa shape index (κ2) is 5.32. The summed E-state index contributed by atoms with van der Waals surface area (Å²) >= 11 is 0. The summed E-state index contributed by atoms with van der Waals surface area (Å²) in [5.41, 5.74) is 0.939. The standard InChI is InChI=1S/C14H14O4S/c15-13-7-6-12(10-14(13)16)19(17,18)9-8-11-4-2-1-3-5-11/h1-7,10,15-16H,8-9H2. The van der Waals surface area contributed by atoms with Gasteiger partial charge >= 0.3 is 0 Å². The lowest BCUT2D eigenvalue weighted by Crippen LogP contribution is -2.09. The monoisotopic (exact) mass is 278 g/mol. The molecule has 0 unspecified atom stereocenters. The summed E-state index contributed by atoms with van der Waals surface area (Å²) in [5.74, 6) is -0.802. The van der Waals surface area contributed by atoms with Crippen molar-refractivity contribution in [1.29, 1.82) is 0 Å². The third-order valence-electron chi connectivity index (χ3n) is 2.81. The first-order chi connectivity index (χ1) is 8.99. The Bertz CT molecular complexity index is 663. The predicted octanol–water partition coefficient (Wildman–Crippen LogP) is 2.11. The predicted molar refractivity (Wildman–Crippen MR) is 72.0 cm³/mol. The highest BCUT2D eigenvalue weighted by molar-refractivity contribution is 7.91. The zero-order valence-electron chi connectivity index (χ0n) is 10.2. The first kappa shape index (κ1) is 13.4. The molecule has 2 rings (SSSR count). The first-order valence-electron chi connectivity index (χ1n) is 5.78. The van der Waals surface area contributed by atoms with Crippen LogP contribution in [0.1, 0.15) is 5.56 Å². The van der Waals surface area contributed by atoms with Crippen LogP contribution in [0.25, 0.3) is 0 Å². The highest BCUT2D eigenvalue weighted by Gasteiger charge is 2.16. The van der Waals surface area contributed by atoms with Gasteiger partial charge in [-0.25, -0.2) is 8.42 Å². The van der Waals surface area contributed by atoms with Gasteiger partial charge < -0.3 is 10.2 Å². The molecule has 0 fully saturated rings. The Kier molecular flexibility index (Phi) is 3.76. The van der Waals surface area contributed by atoms with Gasteiger partial charge in [-0.15, -0.1) is 0 Å². The minimum absolute atomic E-state index is 0.0127. The zero-order chi connectivity index (χ0) is 13.9. The zero-order valence-corrected chi connectivity index (χ0v) is 11.0. The SMILES string of the molecule is O=S(=O)(CCc1ccccc1)c1ccc(O)c(O)c1. The maximum atomic E-state index is 12.1. The van der Waals surface area contributed by atoms with Crippen LogP contribution in [-0.4, -0.2) is 24.4 Å². The number of benzene rings is 2. The molecule has 0 aliphatic carbocycles. The van der Waals surface area contributed by atoms with Gasteiger partial charge in [0.2, 0.25) is 0 Å². The lowest BCUT2D eigenvalue weighted by molar-refractivity contribution is 0.402. The molecule has 2 aromatic carbocycles. The van der Waals surface area contributed by atoms with Gasteiger partial charge in [0.1, 0.15) is 0 Å². The Labute approximate surface area is 111 Å². The molecule has 0 atom stereocenters. The van der Waals surface area contributed by atoms with Gasteiger partial charge in [-0.3, -0.25) is 0 Å². The Hall–Kier alpha value is -2.01. The second-order valence-corrected chi connectivity index (χ2v) is 6.31. The molecule has 100 valence electrons. The van der Waals surface area contributed by atoms with Crippen LogP contribution in [0.3, 0.4) is 0 Å². The third-order valence-corrected chi connectivity index (χ3v) is 4.52. The van der Waals surface area contributed by atoms with Crippen molar-refractivity contribution in [1.82, 2.24) is 0 Å². The molecule has 0 amide bonds. The molecule has 0 aromatic heterocycles. The Balaban J connectivity index is 2.16. The van der Waals surface area contributed by atoms with Crippen molar-refractivity contribution in [3.63, 3.8) is 0 Å². The van der Waals surface area contributed by atoms with Crippen LogP contribution in [-0.2, 0) is 16.3 Å². The number of phenols is 2. The van der Waals surface area contributed by atoms with E-state index in [2.05, 4.69) is 0 Å². The fourth-order valence-corrected chi connectivity index (χ4v) is 3.02. The largest absolute Gasteiger partial charge is 0.504 e. The topological polar surface area (TPSA) is 74.6 Å². The van der Waals surface area contributed by atoms with E-state index in [1.807, 2.05) is 30.3 Å². The quantitative estimate of drug-likeness (QED) is 0.840. The van der Waals surface area contributed by atoms with Gasteiger partial charge in [0.25, 0.3) is 0 Å². The van der Waals surface area contributed by atoms with Crippen molar-refractivity contribution in [3.8, 4) is 11.5 Å². The second-order valence-electron chi connectivity index (χ2n) is 4.20. The van der Waals surface area contributed by atoms with E-state index in [-0.39, 0.29) is 16.4 Å². The number of aromatic hydroxyl groups is 2. The van der Waals surface area contributed by atoms with Gasteiger partial charge in [-0.05, 0) is 24.1 Å². The number of phenolic OH excluding ortho intramolecular Hbond substituents is 2. The molecule has 5 heteroatoms. The van der Waals surface area contributed by atoms with Crippen molar-refractivity contribution in [2.75, 3.05) is 5.75 Å². The molecule has 0 saturated heterocycles. The Morgan fingerprint density at radius 1 is 0.895 bits per heavy atom. The molecule has 0 aliphatic rings. The molecule has 2 N–H and O–H groups in total. The molecule has 0 bridgehead atoms. The lowest BCUT2D eigenvalue weighted by atomic mass is 10.2. The summed E-state index contributed by atoms with van der Waals surface area (Å²) in [6.07, 6.45) is 0.408. The summed E-state index contributed by atoms with van der Waals surface area (Å²) in [6.45, 7) is 0. The molecular weight excluding hydrogens is 264 g/mol. The van der Waals surface area contributed by atoms with Gasteiger partial charge in [-0.2, -0.15) is 0 Å². The lowest BCUT2D eigenvalue weighted by Gasteiger charge is -2.06. The van der Waals surface area contributed by atoms with Crippen LogP contribution >= 0.6 is 0 Å². The Morgan fingerprint density at radius 2 is 1.58 bits per heavy atom. The average Bonchev–Trinajstić information content (AvgIpc) is 2.41. The van der Waals surface area contributed by atoms with E-state index in [0.29, 0.717) is 6.42 Å². The fraction of sp³-hybridized carbons (Fsp3) is 0.143. The summed E-state index contributed by atoms with van der Waals surface area (Å²) in [5, 5.41) is 18.5. The molecule has 2 aromatic rings. The number of rotatable bonds is 4. The van der Waals surface area contributed by atoms with E-state index in [1.54, 1.807) is 0 Å². The van der Waals surface area contributed by atoms with E-state index in [9.17, 15) is 18.6 Å². The summed E-state index contributed by atoms with van der Waals surface area (Å²) in [7, 11) is -3.47. The van der Waals surface area contributed by atoms with E-state index in [0.717, 1.165) is 11.6 Å². The minimum Gasteiger partial charge on any atom is -0.504 e. The van der Waals surface area contributed by atoms with Crippen LogP contribution in [0.5, 0.6) is 11.5 Å². The molecule has 19 heavy (non-hydrogen) atoms. The van der Waals surface area contributed by atoms with Crippen molar-refractivity contribution in [2.24, 2.45) is 0 Å². The fourth-order valence-electron chi connectivity index (χ4n) is 1.71. The smallest absolute Gasteiger partial charge is 0.178 e. The van der Waals surface area contributed by atoms with E-state index in [4.69, 9.17) is 0 Å². The van der Waals surface area contributed by atoms with Crippen LogP contribution in [0, 0.1) is 0 Å². The third kappa shape index (κ3) is 3.26. The van der Waals surface area contributed by atoms with Gasteiger partial charge in [0.15, 0.2) is 21.3 Å². The van der Waals surface area contributed by atoms with Crippen LogP contribution in [0.15, 0.2) is 53.4 Å². The number of hydrogen-bond acceptors (Lipinski definition) is 4. The molecule has 0 spiro atoms. The molecule has 0 saturated carbocycles. The summed E-state index contributed by atoms with van der Waals surface area (Å²) < 4.78 is 24.2. The van der Waals surface area contributed by atoms with Crippen molar-refractivity contribution >= 4 is 9.84 Å².